The second kappa shape index (κ2) is 12.3. The van der Waals surface area contributed by atoms with Crippen molar-refractivity contribution in [3.63, 3.8) is 0 Å². The van der Waals surface area contributed by atoms with Gasteiger partial charge in [-0.3, -0.25) is 14.5 Å². The highest BCUT2D eigenvalue weighted by atomic mass is 16.2. The van der Waals surface area contributed by atoms with Crippen LogP contribution in [-0.2, 0) is 4.79 Å². The fourth-order valence-electron chi connectivity index (χ4n) is 5.15. The molecular formula is C31H36N2O2. The molecule has 3 aromatic rings. The topological polar surface area (TPSA) is 49.4 Å². The Morgan fingerprint density at radius 1 is 0.857 bits per heavy atom. The Hall–Kier alpha value is -3.40. The number of anilines is 1. The van der Waals surface area contributed by atoms with Gasteiger partial charge in [0.05, 0.1) is 0 Å². The van der Waals surface area contributed by atoms with Gasteiger partial charge in [0.1, 0.15) is 6.04 Å². The van der Waals surface area contributed by atoms with Crippen molar-refractivity contribution in [1.29, 1.82) is 0 Å². The highest BCUT2D eigenvalue weighted by molar-refractivity contribution is 6.13. The van der Waals surface area contributed by atoms with Crippen LogP contribution in [0.15, 0.2) is 84.9 Å². The number of carbonyl (C=O) groups excluding carboxylic acids is 2. The lowest BCUT2D eigenvalue weighted by atomic mass is 9.82. The first kappa shape index (κ1) is 24.7. The van der Waals surface area contributed by atoms with Gasteiger partial charge in [-0.15, -0.1) is 0 Å². The Bertz CT molecular complexity index is 1090. The van der Waals surface area contributed by atoms with E-state index in [4.69, 9.17) is 0 Å². The lowest BCUT2D eigenvalue weighted by molar-refractivity contribution is -0.123. The Labute approximate surface area is 209 Å². The lowest BCUT2D eigenvalue weighted by Crippen LogP contribution is -2.54. The maximum absolute atomic E-state index is 14.4. The molecule has 1 unspecified atom stereocenters. The predicted octanol–water partition coefficient (Wildman–Crippen LogP) is 6.87. The quantitative estimate of drug-likeness (QED) is 0.349. The summed E-state index contributed by atoms with van der Waals surface area (Å²) in [5, 5.41) is 3.15. The van der Waals surface area contributed by atoms with E-state index in [9.17, 15) is 9.59 Å². The molecule has 182 valence electrons. The SMILES string of the molecule is CCCCNC(=O)C(C1CCCCC1)N(C(=O)c1ccccc1-c1ccccc1)c1ccccc1. The van der Waals surface area contributed by atoms with E-state index >= 15 is 0 Å². The molecule has 0 bridgehead atoms. The zero-order chi connectivity index (χ0) is 24.5. The minimum Gasteiger partial charge on any atom is -0.354 e. The third kappa shape index (κ3) is 6.00. The van der Waals surface area contributed by atoms with E-state index in [-0.39, 0.29) is 17.7 Å². The number of hydrogen-bond acceptors (Lipinski definition) is 2. The molecule has 1 fully saturated rings. The van der Waals surface area contributed by atoms with Crippen LogP contribution in [-0.4, -0.2) is 24.4 Å². The summed E-state index contributed by atoms with van der Waals surface area (Å²) < 4.78 is 0. The van der Waals surface area contributed by atoms with Crippen LogP contribution in [0.1, 0.15) is 62.2 Å². The summed E-state index contributed by atoms with van der Waals surface area (Å²) >= 11 is 0. The molecule has 35 heavy (non-hydrogen) atoms. The van der Waals surface area contributed by atoms with Crippen molar-refractivity contribution in [3.8, 4) is 11.1 Å². The van der Waals surface area contributed by atoms with Crippen LogP contribution in [0.2, 0.25) is 0 Å². The average Bonchev–Trinajstić information content (AvgIpc) is 2.93. The number of amides is 2. The van der Waals surface area contributed by atoms with Crippen molar-refractivity contribution in [2.75, 3.05) is 11.4 Å². The molecule has 3 aromatic carbocycles. The maximum atomic E-state index is 14.4. The van der Waals surface area contributed by atoms with E-state index in [1.54, 1.807) is 4.90 Å². The Balaban J connectivity index is 1.79. The Kier molecular flexibility index (Phi) is 8.72. The molecule has 0 aromatic heterocycles. The van der Waals surface area contributed by atoms with E-state index in [0.29, 0.717) is 12.1 Å². The molecule has 4 rings (SSSR count). The first-order chi connectivity index (χ1) is 17.2. The summed E-state index contributed by atoms with van der Waals surface area (Å²) in [7, 11) is 0. The van der Waals surface area contributed by atoms with Gasteiger partial charge in [-0.05, 0) is 54.5 Å². The van der Waals surface area contributed by atoms with Crippen molar-refractivity contribution in [1.82, 2.24) is 5.32 Å². The van der Waals surface area contributed by atoms with Crippen LogP contribution < -0.4 is 10.2 Å². The molecule has 0 spiro atoms. The molecule has 1 aliphatic rings. The van der Waals surface area contributed by atoms with E-state index in [0.717, 1.165) is 55.3 Å². The van der Waals surface area contributed by atoms with Gasteiger partial charge in [0, 0.05) is 17.8 Å². The lowest BCUT2D eigenvalue weighted by Gasteiger charge is -2.38. The molecule has 1 N–H and O–H groups in total. The van der Waals surface area contributed by atoms with Crippen LogP contribution in [0.25, 0.3) is 11.1 Å². The smallest absolute Gasteiger partial charge is 0.259 e. The van der Waals surface area contributed by atoms with E-state index < -0.39 is 6.04 Å². The molecule has 1 atom stereocenters. The molecule has 0 heterocycles. The average molecular weight is 469 g/mol. The Morgan fingerprint density at radius 3 is 2.17 bits per heavy atom. The number of hydrogen-bond donors (Lipinski definition) is 1. The second-order valence-electron chi connectivity index (χ2n) is 9.41. The molecule has 2 amide bonds. The fraction of sp³-hybridized carbons (Fsp3) is 0.355. The number of rotatable bonds is 9. The third-order valence-electron chi connectivity index (χ3n) is 6.97. The fourth-order valence-corrected chi connectivity index (χ4v) is 5.15. The van der Waals surface area contributed by atoms with Gasteiger partial charge >= 0.3 is 0 Å². The summed E-state index contributed by atoms with van der Waals surface area (Å²) in [4.78, 5) is 29.9. The number of unbranched alkanes of at least 4 members (excludes halogenated alkanes) is 1. The number of para-hydroxylation sites is 1. The van der Waals surface area contributed by atoms with Crippen LogP contribution >= 0.6 is 0 Å². The highest BCUT2D eigenvalue weighted by Gasteiger charge is 2.38. The zero-order valence-electron chi connectivity index (χ0n) is 20.7. The summed E-state index contributed by atoms with van der Waals surface area (Å²) in [5.41, 5.74) is 3.25. The molecule has 1 saturated carbocycles. The van der Waals surface area contributed by atoms with Crippen molar-refractivity contribution in [3.05, 3.63) is 90.5 Å². The molecule has 0 radical (unpaired) electrons. The van der Waals surface area contributed by atoms with Crippen molar-refractivity contribution < 1.29 is 9.59 Å². The van der Waals surface area contributed by atoms with Crippen LogP contribution in [0.5, 0.6) is 0 Å². The first-order valence-electron chi connectivity index (χ1n) is 13.0. The summed E-state index contributed by atoms with van der Waals surface area (Å²) in [5.74, 6) is -0.0324. The van der Waals surface area contributed by atoms with E-state index in [1.165, 1.54) is 6.42 Å². The third-order valence-corrected chi connectivity index (χ3v) is 6.97. The minimum absolute atomic E-state index is 0.0419. The van der Waals surface area contributed by atoms with Crippen molar-refractivity contribution in [2.45, 2.75) is 57.9 Å². The van der Waals surface area contributed by atoms with Crippen LogP contribution in [0.3, 0.4) is 0 Å². The monoisotopic (exact) mass is 468 g/mol. The summed E-state index contributed by atoms with van der Waals surface area (Å²) in [6.07, 6.45) is 7.25. The van der Waals surface area contributed by atoms with Gasteiger partial charge in [0.2, 0.25) is 5.91 Å². The van der Waals surface area contributed by atoms with Crippen LogP contribution in [0.4, 0.5) is 5.69 Å². The van der Waals surface area contributed by atoms with E-state index in [1.807, 2.05) is 84.9 Å². The molecule has 1 aliphatic carbocycles. The van der Waals surface area contributed by atoms with Crippen molar-refractivity contribution in [2.24, 2.45) is 5.92 Å². The largest absolute Gasteiger partial charge is 0.354 e. The maximum Gasteiger partial charge on any atom is 0.259 e. The summed E-state index contributed by atoms with van der Waals surface area (Å²) in [6, 6.07) is 26.9. The minimum atomic E-state index is -0.536. The predicted molar refractivity (Wildman–Crippen MR) is 143 cm³/mol. The summed E-state index contributed by atoms with van der Waals surface area (Å²) in [6.45, 7) is 2.75. The van der Waals surface area contributed by atoms with Crippen LogP contribution in [0, 0.1) is 5.92 Å². The molecule has 4 nitrogen and oxygen atoms in total. The van der Waals surface area contributed by atoms with Gasteiger partial charge < -0.3 is 5.32 Å². The number of nitrogens with one attached hydrogen (secondary N) is 1. The molecule has 0 aliphatic heterocycles. The van der Waals surface area contributed by atoms with Gasteiger partial charge in [0.25, 0.3) is 5.91 Å². The molecular weight excluding hydrogens is 432 g/mol. The van der Waals surface area contributed by atoms with Gasteiger partial charge in [-0.2, -0.15) is 0 Å². The van der Waals surface area contributed by atoms with Gasteiger partial charge in [-0.25, -0.2) is 0 Å². The number of benzene rings is 3. The zero-order valence-corrected chi connectivity index (χ0v) is 20.7. The second-order valence-corrected chi connectivity index (χ2v) is 9.41. The van der Waals surface area contributed by atoms with Gasteiger partial charge in [-0.1, -0.05) is 99.3 Å². The van der Waals surface area contributed by atoms with Gasteiger partial charge in [0.15, 0.2) is 0 Å². The van der Waals surface area contributed by atoms with Crippen molar-refractivity contribution >= 4 is 17.5 Å². The Morgan fingerprint density at radius 2 is 1.49 bits per heavy atom. The number of carbonyl (C=O) groups is 2. The highest BCUT2D eigenvalue weighted by Crippen LogP contribution is 2.34. The normalized spacial score (nSPS) is 14.8. The standard InChI is InChI=1S/C31H36N2O2/c1-2-3-23-32-30(34)29(25-17-9-5-10-18-25)33(26-19-11-6-12-20-26)31(35)28-22-14-13-21-27(28)24-15-7-4-8-16-24/h4,6-8,11-16,19-22,25,29H,2-3,5,9-10,17-18,23H2,1H3,(H,32,34). The molecule has 0 saturated heterocycles. The van der Waals surface area contributed by atoms with E-state index in [2.05, 4.69) is 12.2 Å². The number of nitrogens with zero attached hydrogens (tertiary/aromatic N) is 1. The first-order valence-corrected chi connectivity index (χ1v) is 13.0. The molecule has 4 heteroatoms.